The quantitative estimate of drug-likeness (QED) is 0.104. The Hall–Kier alpha value is -3.42. The number of phenols is 1. The molecule has 4 fully saturated rings. The second-order valence-corrected chi connectivity index (χ2v) is 22.5. The van der Waals surface area contributed by atoms with Crippen LogP contribution in [0.2, 0.25) is 0 Å². The average Bonchev–Trinajstić information content (AvgIpc) is 3.31. The zero-order chi connectivity index (χ0) is 55.1. The number of likely N-dealkylation sites (N-methyl/N-ethyl adjacent to an activating group) is 1. The summed E-state index contributed by atoms with van der Waals surface area (Å²) < 4.78 is 67.9. The summed E-state index contributed by atoms with van der Waals surface area (Å²) in [5, 5.41) is 104. The number of ether oxygens (including phenoxy) is 11. The fourth-order valence-electron chi connectivity index (χ4n) is 12.9. The van der Waals surface area contributed by atoms with E-state index in [9.17, 15) is 51.0 Å². The van der Waals surface area contributed by atoms with Crippen LogP contribution in [0.15, 0.2) is 18.2 Å². The van der Waals surface area contributed by atoms with Gasteiger partial charge in [-0.05, 0) is 87.2 Å². The van der Waals surface area contributed by atoms with Crippen LogP contribution in [-0.4, -0.2) is 214 Å². The van der Waals surface area contributed by atoms with Gasteiger partial charge in [0.1, 0.15) is 83.2 Å². The zero-order valence-corrected chi connectivity index (χ0v) is 44.2. The van der Waals surface area contributed by atoms with Crippen molar-refractivity contribution in [2.24, 2.45) is 0 Å². The maximum absolute atomic E-state index is 15.3. The summed E-state index contributed by atoms with van der Waals surface area (Å²) in [5.41, 5.74) is -9.36. The standard InChI is InChI=1S/C51H72N2O22/c1-19-37(58)49(6,61)42(66-12)45(69-19)73-36-27-22(17-48(5,60)41(36)65-11)16-24-28(32(27)55)33(56)29-23(31(24)54)14-15-25-35(29)72-44-34(57)30(52(9)10)40(51(25,8)75-44)71-26-18-47(4,53(63)64)39(21(3)68-26)74-46-43(67-13)50(7,62)38(59)20(2)70-46/h14-16,19-21,26,30,34,36-46,53,55,57-63H,17-18H2,1-13H3. The molecule has 7 aliphatic rings. The lowest BCUT2D eigenvalue weighted by atomic mass is 9.71. The molecule has 0 saturated carbocycles. The summed E-state index contributed by atoms with van der Waals surface area (Å²) >= 11 is 0. The Morgan fingerprint density at radius 2 is 1.31 bits per heavy atom. The van der Waals surface area contributed by atoms with E-state index in [-0.39, 0.29) is 52.0 Å². The maximum atomic E-state index is 15.3. The summed E-state index contributed by atoms with van der Waals surface area (Å²) in [4.78, 5) is 31.8. The van der Waals surface area contributed by atoms with Gasteiger partial charge in [-0.1, -0.05) is 6.07 Å². The minimum atomic E-state index is -1.90. The highest BCUT2D eigenvalue weighted by Gasteiger charge is 2.64. The Morgan fingerprint density at radius 1 is 0.733 bits per heavy atom. The van der Waals surface area contributed by atoms with Gasteiger partial charge in [0.05, 0.1) is 47.5 Å². The number of fused-ring (bicyclic) bond motifs is 8. The zero-order valence-electron chi connectivity index (χ0n) is 44.2. The number of carbonyl (C=O) groups is 2. The van der Waals surface area contributed by atoms with Crippen molar-refractivity contribution >= 4 is 11.6 Å². The lowest BCUT2D eigenvalue weighted by molar-refractivity contribution is -1.09. The Kier molecular flexibility index (Phi) is 14.6. The second-order valence-electron chi connectivity index (χ2n) is 22.5. The fraction of sp³-hybridized carbons (Fsp3) is 0.725. The van der Waals surface area contributed by atoms with E-state index >= 15 is 4.79 Å². The smallest absolute Gasteiger partial charge is 0.228 e. The van der Waals surface area contributed by atoms with Gasteiger partial charge in [-0.25, -0.2) is 10.4 Å². The number of nitrogens with zero attached hydrogens (tertiary/aromatic N) is 1. The van der Waals surface area contributed by atoms with Gasteiger partial charge in [0.15, 0.2) is 30.2 Å². The molecule has 4 saturated heterocycles. The molecular formula is C51H72N2O22. The van der Waals surface area contributed by atoms with Gasteiger partial charge in [0.2, 0.25) is 12.1 Å². The van der Waals surface area contributed by atoms with E-state index in [4.69, 9.17) is 52.1 Å². The van der Waals surface area contributed by atoms with Crippen LogP contribution in [0.1, 0.15) is 116 Å². The highest BCUT2D eigenvalue weighted by Crippen LogP contribution is 2.55. The molecule has 9 N–H and O–H groups in total. The van der Waals surface area contributed by atoms with Crippen molar-refractivity contribution in [3.63, 3.8) is 0 Å². The number of benzene rings is 2. The van der Waals surface area contributed by atoms with Crippen LogP contribution in [0.4, 0.5) is 0 Å². The van der Waals surface area contributed by atoms with Crippen LogP contribution >= 0.6 is 0 Å². The van der Waals surface area contributed by atoms with Gasteiger partial charge >= 0.3 is 0 Å². The molecule has 2 bridgehead atoms. The Balaban J connectivity index is 1.08. The predicted octanol–water partition coefficient (Wildman–Crippen LogP) is -1.02. The number of hydrogen-bond donors (Lipinski definition) is 9. The number of nitrogens with one attached hydrogen (secondary N) is 1. The summed E-state index contributed by atoms with van der Waals surface area (Å²) in [6.07, 6.45) is -20.9. The monoisotopic (exact) mass is 1060 g/mol. The molecule has 2 aromatic rings. The molecule has 418 valence electrons. The number of carbonyl (C=O) groups excluding carboxylic acids is 2. The molecule has 24 heteroatoms. The lowest BCUT2D eigenvalue weighted by Gasteiger charge is -2.57. The highest BCUT2D eigenvalue weighted by molar-refractivity contribution is 6.30. The van der Waals surface area contributed by atoms with Gasteiger partial charge in [-0.2, -0.15) is 0 Å². The molecule has 0 spiro atoms. The van der Waals surface area contributed by atoms with Crippen LogP contribution in [0.5, 0.6) is 11.5 Å². The van der Waals surface area contributed by atoms with Crippen LogP contribution in [0.3, 0.4) is 0 Å². The van der Waals surface area contributed by atoms with E-state index < -0.39 is 160 Å². The molecule has 0 radical (unpaired) electrons. The molecule has 75 heavy (non-hydrogen) atoms. The van der Waals surface area contributed by atoms with Gasteiger partial charge < -0.3 is 98.0 Å². The van der Waals surface area contributed by atoms with Crippen molar-refractivity contribution in [3.05, 3.63) is 62.4 Å². The molecular weight excluding hydrogens is 993 g/mol. The summed E-state index contributed by atoms with van der Waals surface area (Å²) in [7, 11) is 7.28. The number of rotatable bonds is 11. The summed E-state index contributed by atoms with van der Waals surface area (Å²) in [6, 6.07) is 3.44. The first kappa shape index (κ1) is 56.3. The molecule has 0 aromatic heterocycles. The Labute approximate surface area is 433 Å². The molecule has 2 aliphatic carbocycles. The highest BCUT2D eigenvalue weighted by atomic mass is 16.8. The van der Waals surface area contributed by atoms with Gasteiger partial charge in [-0.15, -0.1) is 0 Å². The first-order chi connectivity index (χ1) is 34.9. The van der Waals surface area contributed by atoms with E-state index in [1.165, 1.54) is 75.0 Å². The molecule has 0 amide bonds. The minimum absolute atomic E-state index is 0.0168. The number of quaternary nitrogens is 1. The topological polar surface area (TPSA) is 328 Å². The number of hydroxylamine groups is 2. The van der Waals surface area contributed by atoms with Crippen molar-refractivity contribution in [2.75, 3.05) is 35.4 Å². The summed E-state index contributed by atoms with van der Waals surface area (Å²) in [6.45, 7) is 11.9. The number of aromatic hydroxyl groups is 1. The molecule has 23 atom stereocenters. The molecule has 5 aliphatic heterocycles. The second kappa shape index (κ2) is 19.4. The SMILES string of the molecule is COC1C(OC2OC(C)C(O)C(C)(O)C2OC)c2c(cc3c(c2O)C(=O)c2c(ccc4c2OC2OC4(C)C(OC4CC(C)([NH+]([O-])O)C(OC5OC(C)C(O)C(C)(O)C5OC)C(C)O4)C(N(C)C)C2O)C3=O)CC1(C)O. The molecule has 5 heterocycles. The number of ketones is 2. The number of aliphatic hydroxyl groups excluding tert-OH is 3. The first-order valence-electron chi connectivity index (χ1n) is 25.0. The Morgan fingerprint density at radius 3 is 1.85 bits per heavy atom. The number of aliphatic hydroxyl groups is 6. The summed E-state index contributed by atoms with van der Waals surface area (Å²) in [5.74, 6) is -2.33. The van der Waals surface area contributed by atoms with Crippen molar-refractivity contribution in [2.45, 2.75) is 201 Å². The van der Waals surface area contributed by atoms with Crippen LogP contribution in [-0.2, 0) is 59.4 Å². The third-order valence-electron chi connectivity index (χ3n) is 17.0. The molecule has 9 rings (SSSR count). The fourth-order valence-corrected chi connectivity index (χ4v) is 12.9. The van der Waals surface area contributed by atoms with Gasteiger partial charge in [0.25, 0.3) is 0 Å². The molecule has 23 unspecified atom stereocenters. The van der Waals surface area contributed by atoms with E-state index in [0.29, 0.717) is 0 Å². The van der Waals surface area contributed by atoms with E-state index in [0.717, 1.165) is 0 Å². The number of phenolic OH excluding ortho intramolecular Hbond substituents is 1. The predicted molar refractivity (Wildman–Crippen MR) is 253 cm³/mol. The van der Waals surface area contributed by atoms with Crippen molar-refractivity contribution in [1.82, 2.24) is 4.90 Å². The number of hydrogen-bond acceptors (Lipinski definition) is 23. The van der Waals surface area contributed by atoms with Crippen molar-refractivity contribution < 1.29 is 108 Å². The van der Waals surface area contributed by atoms with Crippen LogP contribution < -0.4 is 9.96 Å². The van der Waals surface area contributed by atoms with Gasteiger partial charge in [-0.3, -0.25) is 9.59 Å². The first-order valence-corrected chi connectivity index (χ1v) is 25.0. The Bertz CT molecular complexity index is 2540. The van der Waals surface area contributed by atoms with E-state index in [1.807, 2.05) is 0 Å². The van der Waals surface area contributed by atoms with Gasteiger partial charge in [0, 0.05) is 50.0 Å². The largest absolute Gasteiger partial charge is 0.600 e. The lowest BCUT2D eigenvalue weighted by Crippen LogP contribution is -3.16. The third kappa shape index (κ3) is 8.59. The number of methoxy groups -OCH3 is 3. The molecule has 2 aromatic carbocycles. The van der Waals surface area contributed by atoms with Crippen LogP contribution in [0.25, 0.3) is 0 Å². The average molecular weight is 1070 g/mol. The van der Waals surface area contributed by atoms with Crippen molar-refractivity contribution in [1.29, 1.82) is 0 Å². The van der Waals surface area contributed by atoms with Crippen LogP contribution in [0, 0.1) is 5.21 Å². The molecule has 24 nitrogen and oxygen atoms in total. The minimum Gasteiger partial charge on any atom is -0.600 e. The van der Waals surface area contributed by atoms with Crippen molar-refractivity contribution in [3.8, 4) is 11.5 Å². The third-order valence-corrected chi connectivity index (χ3v) is 17.0. The van der Waals surface area contributed by atoms with E-state index in [2.05, 4.69) is 0 Å². The normalized spacial score (nSPS) is 45.8. The van der Waals surface area contributed by atoms with E-state index in [1.54, 1.807) is 38.9 Å². The maximum Gasteiger partial charge on any atom is 0.228 e.